The van der Waals surface area contributed by atoms with Gasteiger partial charge in [-0.2, -0.15) is 0 Å². The molecule has 1 aromatic heterocycles. The number of nitrogens with one attached hydrogen (secondary N) is 3. The summed E-state index contributed by atoms with van der Waals surface area (Å²) >= 11 is 12.1. The summed E-state index contributed by atoms with van der Waals surface area (Å²) < 4.78 is 5.23. The van der Waals surface area contributed by atoms with Crippen LogP contribution in [0, 0.1) is 11.8 Å². The molecule has 0 saturated heterocycles. The number of hydrogen-bond donors (Lipinski definition) is 4. The molecule has 174 valence electrons. The lowest BCUT2D eigenvalue weighted by Gasteiger charge is -2.25. The zero-order valence-electron chi connectivity index (χ0n) is 17.8. The summed E-state index contributed by atoms with van der Waals surface area (Å²) in [7, 11) is 0. The highest BCUT2D eigenvalue weighted by Crippen LogP contribution is 2.21. The Morgan fingerprint density at radius 2 is 1.75 bits per heavy atom. The lowest BCUT2D eigenvalue weighted by molar-refractivity contribution is -0.136. The van der Waals surface area contributed by atoms with Crippen molar-refractivity contribution >= 4 is 40.9 Å². The summed E-state index contributed by atoms with van der Waals surface area (Å²) in [6.45, 7) is 3.91. The molecule has 1 heterocycles. The first-order chi connectivity index (χ1) is 15.2. The van der Waals surface area contributed by atoms with Gasteiger partial charge in [0.05, 0.1) is 18.7 Å². The van der Waals surface area contributed by atoms with Crippen molar-refractivity contribution in [3.63, 3.8) is 0 Å². The first-order valence-corrected chi connectivity index (χ1v) is 11.0. The van der Waals surface area contributed by atoms with Gasteiger partial charge in [0, 0.05) is 11.4 Å². The zero-order valence-corrected chi connectivity index (χ0v) is 19.3. The molecule has 0 radical (unpaired) electrons. The number of alkyl halides is 1. The molecule has 0 fully saturated rings. The molecule has 0 unspecified atom stereocenters. The molecule has 0 saturated carbocycles. The van der Waals surface area contributed by atoms with Crippen molar-refractivity contribution in [2.75, 3.05) is 0 Å². The van der Waals surface area contributed by atoms with Crippen molar-refractivity contribution in [2.24, 2.45) is 11.8 Å². The van der Waals surface area contributed by atoms with Gasteiger partial charge in [0.2, 0.25) is 11.8 Å². The maximum atomic E-state index is 13.1. The Morgan fingerprint density at radius 1 is 1.06 bits per heavy atom. The van der Waals surface area contributed by atoms with E-state index in [1.165, 1.54) is 11.7 Å². The van der Waals surface area contributed by atoms with Crippen molar-refractivity contribution in [1.82, 2.24) is 16.1 Å². The van der Waals surface area contributed by atoms with E-state index < -0.39 is 35.1 Å². The maximum Gasteiger partial charge on any atom is 0.262 e. The molecule has 3 atom stereocenters. The largest absolute Gasteiger partial charge is 0.467 e. The molecular formula is C22H27Cl2N3O5. The third-order valence-electron chi connectivity index (χ3n) is 4.78. The molecule has 3 amide bonds. The van der Waals surface area contributed by atoms with Crippen molar-refractivity contribution in [2.45, 2.75) is 44.7 Å². The highest BCUT2D eigenvalue weighted by atomic mass is 35.5. The lowest BCUT2D eigenvalue weighted by atomic mass is 9.92. The second-order valence-corrected chi connectivity index (χ2v) is 8.71. The SMILES string of the molecule is CC(C)C[C@@H](C(=O)N[C@@H](Cc1ccc(Cl)cc1)C(=O)NCc1ccco1)[C@@H](Cl)C(=O)NO. The van der Waals surface area contributed by atoms with Crippen molar-refractivity contribution < 1.29 is 24.0 Å². The molecule has 1 aromatic carbocycles. The number of hydroxylamine groups is 1. The zero-order chi connectivity index (χ0) is 23.7. The summed E-state index contributed by atoms with van der Waals surface area (Å²) in [5.74, 6) is -2.22. The van der Waals surface area contributed by atoms with Crippen LogP contribution in [0.4, 0.5) is 0 Å². The van der Waals surface area contributed by atoms with Crippen molar-refractivity contribution in [1.29, 1.82) is 0 Å². The number of carbonyl (C=O) groups is 3. The van der Waals surface area contributed by atoms with E-state index in [9.17, 15) is 14.4 Å². The standard InChI is InChI=1S/C22H27Cl2N3O5/c1-13(2)10-17(19(24)22(30)27-31)20(28)26-18(11-14-5-7-15(23)8-6-14)21(29)25-12-16-4-3-9-32-16/h3-9,13,17-19,31H,10-12H2,1-2H3,(H,25,29)(H,26,28)(H,27,30)/t17-,18+,19-/m1/s1. The Morgan fingerprint density at radius 3 is 2.31 bits per heavy atom. The first-order valence-electron chi connectivity index (χ1n) is 10.1. The van der Waals surface area contributed by atoms with Gasteiger partial charge in [-0.3, -0.25) is 19.6 Å². The lowest BCUT2D eigenvalue weighted by Crippen LogP contribution is -2.52. The number of rotatable bonds is 11. The number of amides is 3. The van der Waals surface area contributed by atoms with E-state index in [0.29, 0.717) is 10.8 Å². The Balaban J connectivity index is 2.19. The third kappa shape index (κ3) is 7.85. The number of hydrogen-bond acceptors (Lipinski definition) is 5. The Bertz CT molecular complexity index is 887. The summed E-state index contributed by atoms with van der Waals surface area (Å²) in [6, 6.07) is 9.40. The van der Waals surface area contributed by atoms with Gasteiger partial charge in [-0.25, -0.2) is 5.48 Å². The van der Waals surface area contributed by atoms with E-state index in [1.54, 1.807) is 36.4 Å². The number of benzene rings is 1. The fourth-order valence-corrected chi connectivity index (χ4v) is 3.56. The normalized spacial score (nSPS) is 13.8. The van der Waals surface area contributed by atoms with Gasteiger partial charge >= 0.3 is 0 Å². The minimum absolute atomic E-state index is 0.0426. The van der Waals surface area contributed by atoms with Crippen molar-refractivity contribution in [3.05, 3.63) is 59.0 Å². The van der Waals surface area contributed by atoms with Gasteiger partial charge in [0.25, 0.3) is 5.91 Å². The van der Waals surface area contributed by atoms with Crippen LogP contribution in [0.5, 0.6) is 0 Å². The van der Waals surface area contributed by atoms with Gasteiger partial charge in [-0.1, -0.05) is 37.6 Å². The molecule has 10 heteroatoms. The molecule has 2 rings (SSSR count). The van der Waals surface area contributed by atoms with E-state index in [0.717, 1.165) is 5.56 Å². The molecule has 4 N–H and O–H groups in total. The molecular weight excluding hydrogens is 457 g/mol. The highest BCUT2D eigenvalue weighted by molar-refractivity contribution is 6.32. The van der Waals surface area contributed by atoms with Crippen LogP contribution in [0.2, 0.25) is 5.02 Å². The quantitative estimate of drug-likeness (QED) is 0.222. The summed E-state index contributed by atoms with van der Waals surface area (Å²) in [5, 5.41) is 13.6. The van der Waals surface area contributed by atoms with Gasteiger partial charge < -0.3 is 15.1 Å². The monoisotopic (exact) mass is 483 g/mol. The minimum atomic E-state index is -1.30. The fraction of sp³-hybridized carbons (Fsp3) is 0.409. The molecule has 2 aromatic rings. The first kappa shape index (κ1) is 25.7. The maximum absolute atomic E-state index is 13.1. The van der Waals surface area contributed by atoms with Crippen LogP contribution < -0.4 is 16.1 Å². The molecule has 0 spiro atoms. The minimum Gasteiger partial charge on any atom is -0.467 e. The van der Waals surface area contributed by atoms with Crippen LogP contribution in [0.25, 0.3) is 0 Å². The average Bonchev–Trinajstić information content (AvgIpc) is 3.29. The summed E-state index contributed by atoms with van der Waals surface area (Å²) in [4.78, 5) is 37.8. The van der Waals surface area contributed by atoms with Gasteiger partial charge in [0.1, 0.15) is 17.2 Å². The highest BCUT2D eigenvalue weighted by Gasteiger charge is 2.34. The predicted octanol–water partition coefficient (Wildman–Crippen LogP) is 3.05. The van der Waals surface area contributed by atoms with Crippen LogP contribution in [0.15, 0.2) is 47.1 Å². The molecule has 0 aliphatic rings. The van der Waals surface area contributed by atoms with Crippen LogP contribution in [-0.2, 0) is 27.3 Å². The Labute approximate surface area is 196 Å². The smallest absolute Gasteiger partial charge is 0.262 e. The molecule has 0 aliphatic heterocycles. The number of halogens is 2. The predicted molar refractivity (Wildman–Crippen MR) is 120 cm³/mol. The Hall–Kier alpha value is -2.55. The molecule has 8 nitrogen and oxygen atoms in total. The Kier molecular flexibility index (Phi) is 10.0. The van der Waals surface area contributed by atoms with E-state index in [-0.39, 0.29) is 25.3 Å². The van der Waals surface area contributed by atoms with Crippen LogP contribution in [0.3, 0.4) is 0 Å². The van der Waals surface area contributed by atoms with Crippen LogP contribution in [0.1, 0.15) is 31.6 Å². The topological polar surface area (TPSA) is 121 Å². The summed E-state index contributed by atoms with van der Waals surface area (Å²) in [5.41, 5.74) is 2.26. The van der Waals surface area contributed by atoms with Gasteiger partial charge in [-0.15, -0.1) is 11.6 Å². The van der Waals surface area contributed by atoms with Gasteiger partial charge in [0.15, 0.2) is 0 Å². The molecule has 32 heavy (non-hydrogen) atoms. The fourth-order valence-electron chi connectivity index (χ4n) is 3.17. The third-order valence-corrected chi connectivity index (χ3v) is 5.53. The average molecular weight is 484 g/mol. The van der Waals surface area contributed by atoms with E-state index in [1.807, 2.05) is 13.8 Å². The van der Waals surface area contributed by atoms with E-state index >= 15 is 0 Å². The van der Waals surface area contributed by atoms with E-state index in [2.05, 4.69) is 10.6 Å². The van der Waals surface area contributed by atoms with Gasteiger partial charge in [-0.05, 0) is 42.2 Å². The van der Waals surface area contributed by atoms with Crippen molar-refractivity contribution in [3.8, 4) is 0 Å². The number of furan rings is 1. The molecule has 0 bridgehead atoms. The van der Waals surface area contributed by atoms with Crippen LogP contribution in [-0.4, -0.2) is 34.3 Å². The van der Waals surface area contributed by atoms with Crippen LogP contribution >= 0.6 is 23.2 Å². The number of carbonyl (C=O) groups excluding carboxylic acids is 3. The second-order valence-electron chi connectivity index (χ2n) is 7.80. The summed E-state index contributed by atoms with van der Waals surface area (Å²) in [6.07, 6.45) is 1.98. The van der Waals surface area contributed by atoms with E-state index in [4.69, 9.17) is 32.8 Å². The second kappa shape index (κ2) is 12.5. The molecule has 0 aliphatic carbocycles.